The molecule has 1 aromatic rings. The molecule has 6 heteroatoms. The van der Waals surface area contributed by atoms with Crippen LogP contribution in [0.4, 0.5) is 13.2 Å². The highest BCUT2D eigenvalue weighted by molar-refractivity contribution is 5.25. The molecule has 1 unspecified atom stereocenters. The molecule has 1 atom stereocenters. The fourth-order valence-electron chi connectivity index (χ4n) is 3.93. The zero-order valence-corrected chi connectivity index (χ0v) is 13.9. The molecular weight excluding hydrogens is 317 g/mol. The molecule has 1 aromatic carbocycles. The van der Waals surface area contributed by atoms with Gasteiger partial charge in [-0.2, -0.15) is 13.2 Å². The van der Waals surface area contributed by atoms with Crippen LogP contribution >= 0.6 is 0 Å². The van der Waals surface area contributed by atoms with Crippen LogP contribution in [-0.2, 0) is 12.7 Å². The van der Waals surface area contributed by atoms with Gasteiger partial charge in [0.05, 0.1) is 11.2 Å². The van der Waals surface area contributed by atoms with Crippen LogP contribution in [-0.4, -0.2) is 53.2 Å². The zero-order chi connectivity index (χ0) is 17.2. The number of nitrogens with zero attached hydrogens (tertiary/aromatic N) is 2. The van der Waals surface area contributed by atoms with Gasteiger partial charge >= 0.3 is 6.18 Å². The second-order valence-electron chi connectivity index (χ2n) is 7.22. The molecule has 2 aliphatic rings. The molecule has 0 amide bonds. The van der Waals surface area contributed by atoms with Gasteiger partial charge in [-0.15, -0.1) is 0 Å². The Morgan fingerprint density at radius 2 is 1.75 bits per heavy atom. The summed E-state index contributed by atoms with van der Waals surface area (Å²) in [4.78, 5) is 4.38. The summed E-state index contributed by atoms with van der Waals surface area (Å²) < 4.78 is 38.5. The maximum atomic E-state index is 12.8. The van der Waals surface area contributed by atoms with Crippen molar-refractivity contribution >= 4 is 0 Å². The van der Waals surface area contributed by atoms with E-state index in [9.17, 15) is 18.3 Å². The lowest BCUT2D eigenvalue weighted by Crippen LogP contribution is -2.53. The molecule has 0 aliphatic carbocycles. The molecule has 0 bridgehead atoms. The number of hydrogen-bond donors (Lipinski definition) is 1. The molecule has 3 nitrogen and oxygen atoms in total. The first kappa shape index (κ1) is 17.7. The Morgan fingerprint density at radius 1 is 1.04 bits per heavy atom. The Hall–Kier alpha value is -1.11. The number of likely N-dealkylation sites (tertiary alicyclic amines) is 2. The van der Waals surface area contributed by atoms with Gasteiger partial charge in [0.25, 0.3) is 0 Å². The molecule has 2 aliphatic heterocycles. The quantitative estimate of drug-likeness (QED) is 0.911. The third-order valence-electron chi connectivity index (χ3n) is 5.01. The molecule has 1 N–H and O–H groups in total. The largest absolute Gasteiger partial charge is 0.416 e. The minimum Gasteiger partial charge on any atom is -0.387 e. The van der Waals surface area contributed by atoms with E-state index < -0.39 is 17.3 Å². The first-order valence-electron chi connectivity index (χ1n) is 8.67. The van der Waals surface area contributed by atoms with Crippen molar-refractivity contribution in [2.45, 2.75) is 44.0 Å². The van der Waals surface area contributed by atoms with Crippen molar-refractivity contribution in [3.8, 4) is 0 Å². The number of piperidine rings is 1. The van der Waals surface area contributed by atoms with Gasteiger partial charge in [-0.1, -0.05) is 18.2 Å². The van der Waals surface area contributed by atoms with E-state index in [0.29, 0.717) is 25.2 Å². The van der Waals surface area contributed by atoms with E-state index in [1.165, 1.54) is 25.0 Å². The van der Waals surface area contributed by atoms with Crippen molar-refractivity contribution in [3.05, 3.63) is 35.4 Å². The van der Waals surface area contributed by atoms with Crippen molar-refractivity contribution in [2.75, 3.05) is 32.7 Å². The molecular formula is C18H25F3N2O. The fraction of sp³-hybridized carbons (Fsp3) is 0.667. The highest BCUT2D eigenvalue weighted by atomic mass is 19.4. The smallest absolute Gasteiger partial charge is 0.387 e. The van der Waals surface area contributed by atoms with E-state index in [1.807, 2.05) is 0 Å². The van der Waals surface area contributed by atoms with Crippen LogP contribution in [0.15, 0.2) is 24.3 Å². The summed E-state index contributed by atoms with van der Waals surface area (Å²) in [5.41, 5.74) is -0.705. The number of aliphatic hydroxyl groups is 1. The normalized spacial score (nSPS) is 26.8. The molecule has 2 heterocycles. The van der Waals surface area contributed by atoms with Crippen LogP contribution < -0.4 is 0 Å². The van der Waals surface area contributed by atoms with Crippen LogP contribution in [0.25, 0.3) is 0 Å². The highest BCUT2D eigenvalue weighted by Crippen LogP contribution is 2.30. The summed E-state index contributed by atoms with van der Waals surface area (Å²) in [6.07, 6.45) is -0.297. The monoisotopic (exact) mass is 342 g/mol. The first-order valence-corrected chi connectivity index (χ1v) is 8.67. The summed E-state index contributed by atoms with van der Waals surface area (Å²) in [7, 11) is 0. The van der Waals surface area contributed by atoms with E-state index in [-0.39, 0.29) is 0 Å². The van der Waals surface area contributed by atoms with E-state index in [4.69, 9.17) is 0 Å². The van der Waals surface area contributed by atoms with Crippen molar-refractivity contribution in [3.63, 3.8) is 0 Å². The van der Waals surface area contributed by atoms with Crippen LogP contribution in [0.1, 0.15) is 36.8 Å². The number of hydrogen-bond acceptors (Lipinski definition) is 3. The van der Waals surface area contributed by atoms with E-state index in [2.05, 4.69) is 9.80 Å². The third-order valence-corrected chi connectivity index (χ3v) is 5.01. The van der Waals surface area contributed by atoms with Gasteiger partial charge in [0, 0.05) is 19.6 Å². The molecule has 0 radical (unpaired) electrons. The van der Waals surface area contributed by atoms with Gasteiger partial charge in [0.2, 0.25) is 0 Å². The Kier molecular flexibility index (Phi) is 5.18. The molecule has 2 saturated heterocycles. The summed E-state index contributed by atoms with van der Waals surface area (Å²) in [5.74, 6) is 0. The predicted molar refractivity (Wildman–Crippen MR) is 86.6 cm³/mol. The second kappa shape index (κ2) is 7.02. The first-order chi connectivity index (χ1) is 11.3. The Labute approximate surface area is 141 Å². The number of rotatable bonds is 4. The predicted octanol–water partition coefficient (Wildman–Crippen LogP) is 3.13. The van der Waals surface area contributed by atoms with Crippen molar-refractivity contribution < 1.29 is 18.3 Å². The van der Waals surface area contributed by atoms with E-state index in [0.717, 1.165) is 38.5 Å². The van der Waals surface area contributed by atoms with Gasteiger partial charge in [-0.05, 0) is 56.9 Å². The van der Waals surface area contributed by atoms with E-state index in [1.54, 1.807) is 6.07 Å². The molecule has 0 aromatic heterocycles. The van der Waals surface area contributed by atoms with Crippen molar-refractivity contribution in [2.24, 2.45) is 0 Å². The maximum absolute atomic E-state index is 12.8. The van der Waals surface area contributed by atoms with E-state index >= 15 is 0 Å². The Morgan fingerprint density at radius 3 is 2.46 bits per heavy atom. The van der Waals surface area contributed by atoms with Gasteiger partial charge in [0.15, 0.2) is 0 Å². The Balaban J connectivity index is 1.62. The number of benzene rings is 1. The lowest BCUT2D eigenvalue weighted by Gasteiger charge is -2.41. The Bertz CT molecular complexity index is 557. The third kappa shape index (κ3) is 4.49. The summed E-state index contributed by atoms with van der Waals surface area (Å²) in [6, 6.07) is 5.50. The van der Waals surface area contributed by atoms with Gasteiger partial charge in [-0.3, -0.25) is 4.90 Å². The average molecular weight is 342 g/mol. The summed E-state index contributed by atoms with van der Waals surface area (Å²) in [5, 5.41) is 10.9. The highest BCUT2D eigenvalue weighted by Gasteiger charge is 2.36. The molecule has 3 rings (SSSR count). The van der Waals surface area contributed by atoms with Gasteiger partial charge < -0.3 is 10.0 Å². The fourth-order valence-corrected chi connectivity index (χ4v) is 3.93. The number of halogens is 3. The van der Waals surface area contributed by atoms with Gasteiger partial charge in [0.1, 0.15) is 0 Å². The minimum atomic E-state index is -4.31. The minimum absolute atomic E-state index is 0.451. The zero-order valence-electron chi connectivity index (χ0n) is 13.9. The van der Waals surface area contributed by atoms with Crippen LogP contribution in [0.5, 0.6) is 0 Å². The molecule has 0 spiro atoms. The number of alkyl halides is 3. The lowest BCUT2D eigenvalue weighted by molar-refractivity contribution is -0.137. The molecule has 2 fully saturated rings. The summed E-state index contributed by atoms with van der Waals surface area (Å²) in [6.45, 7) is 4.54. The van der Waals surface area contributed by atoms with Crippen molar-refractivity contribution in [1.29, 1.82) is 0 Å². The molecule has 0 saturated carbocycles. The average Bonchev–Trinajstić information content (AvgIpc) is 2.99. The SMILES string of the molecule is OC1(CN2CCCC2)CCCN(Cc2cccc(C(F)(F)F)c2)C1. The van der Waals surface area contributed by atoms with Crippen LogP contribution in [0, 0.1) is 0 Å². The molecule has 134 valence electrons. The second-order valence-corrected chi connectivity index (χ2v) is 7.22. The topological polar surface area (TPSA) is 26.7 Å². The van der Waals surface area contributed by atoms with Crippen LogP contribution in [0.3, 0.4) is 0 Å². The maximum Gasteiger partial charge on any atom is 0.416 e. The van der Waals surface area contributed by atoms with Gasteiger partial charge in [-0.25, -0.2) is 0 Å². The standard InChI is InChI=1S/C18H25F3N2O/c19-18(20,21)16-6-3-5-15(11-16)12-23-10-4-7-17(24,14-23)13-22-8-1-2-9-22/h3,5-6,11,24H,1-2,4,7-10,12-14H2. The lowest BCUT2D eigenvalue weighted by atomic mass is 9.92. The van der Waals surface area contributed by atoms with Crippen molar-refractivity contribution in [1.82, 2.24) is 9.80 Å². The molecule has 24 heavy (non-hydrogen) atoms. The van der Waals surface area contributed by atoms with Crippen LogP contribution in [0.2, 0.25) is 0 Å². The number of β-amino-alcohol motifs (C(OH)–C–C–N with tert-alkyl or cyclic N) is 1. The summed E-state index contributed by atoms with van der Waals surface area (Å²) >= 11 is 0.